The van der Waals surface area contributed by atoms with Gasteiger partial charge in [0, 0.05) is 10.9 Å². The summed E-state index contributed by atoms with van der Waals surface area (Å²) in [6.45, 7) is 1.92. The van der Waals surface area contributed by atoms with Crippen molar-refractivity contribution in [3.8, 4) is 11.3 Å². The van der Waals surface area contributed by atoms with E-state index in [0.29, 0.717) is 0 Å². The van der Waals surface area contributed by atoms with Crippen LogP contribution in [0.5, 0.6) is 0 Å². The van der Waals surface area contributed by atoms with Crippen LogP contribution in [0, 0.1) is 6.92 Å². The molecule has 0 spiro atoms. The molecule has 0 radical (unpaired) electrons. The lowest BCUT2D eigenvalue weighted by atomic mass is 10.2. The second-order valence-electron chi connectivity index (χ2n) is 3.60. The third kappa shape index (κ3) is 1.57. The largest absolute Gasteiger partial charge is 0.246 e. The lowest BCUT2D eigenvalue weighted by Crippen LogP contribution is -1.91. The number of nitrogens with zero attached hydrogens (tertiary/aromatic N) is 3. The Bertz CT molecular complexity index is 632. The lowest BCUT2D eigenvalue weighted by molar-refractivity contribution is 1.01. The van der Waals surface area contributed by atoms with E-state index in [1.807, 2.05) is 25.1 Å². The Morgan fingerprint density at radius 1 is 1.06 bits per heavy atom. The van der Waals surface area contributed by atoms with E-state index < -0.39 is 0 Å². The molecule has 78 valence electrons. The maximum atomic E-state index is 4.58. The molecule has 0 fully saturated rings. The van der Waals surface area contributed by atoms with Gasteiger partial charge in [-0.05, 0) is 36.6 Å². The number of hydrogen-bond acceptors (Lipinski definition) is 4. The van der Waals surface area contributed by atoms with Crippen LogP contribution in [0.4, 0.5) is 0 Å². The van der Waals surface area contributed by atoms with Crippen LogP contribution >= 0.6 is 11.3 Å². The van der Waals surface area contributed by atoms with Crippen molar-refractivity contribution >= 4 is 22.4 Å². The molecule has 0 saturated carbocycles. The molecule has 0 aliphatic carbocycles. The summed E-state index contributed by atoms with van der Waals surface area (Å²) in [5, 5.41) is 12.3. The van der Waals surface area contributed by atoms with Crippen molar-refractivity contribution in [3.05, 3.63) is 40.7 Å². The zero-order valence-corrected chi connectivity index (χ0v) is 9.53. The highest BCUT2D eigenvalue weighted by atomic mass is 32.1. The maximum Gasteiger partial charge on any atom is 0.111 e. The van der Waals surface area contributed by atoms with E-state index in [1.54, 1.807) is 11.3 Å². The maximum absolute atomic E-state index is 4.58. The van der Waals surface area contributed by atoms with Gasteiger partial charge in [-0.15, -0.1) is 5.10 Å². The number of aromatic nitrogens is 3. The van der Waals surface area contributed by atoms with Crippen molar-refractivity contribution in [2.75, 3.05) is 0 Å². The Kier molecular flexibility index (Phi) is 2.15. The van der Waals surface area contributed by atoms with Crippen molar-refractivity contribution in [2.24, 2.45) is 0 Å². The Morgan fingerprint density at radius 3 is 2.81 bits per heavy atom. The lowest BCUT2D eigenvalue weighted by Gasteiger charge is -2.00. The van der Waals surface area contributed by atoms with Crippen LogP contribution in [0.1, 0.15) is 5.69 Å². The monoisotopic (exact) mass is 227 g/mol. The summed E-state index contributed by atoms with van der Waals surface area (Å²) in [5.74, 6) is 0. The van der Waals surface area contributed by atoms with Gasteiger partial charge in [-0.25, -0.2) is 4.98 Å². The fourth-order valence-electron chi connectivity index (χ4n) is 1.59. The fraction of sp³-hybridized carbons (Fsp3) is 0.0833. The molecule has 4 heteroatoms. The summed E-state index contributed by atoms with van der Waals surface area (Å²) in [6, 6.07) is 7.97. The summed E-state index contributed by atoms with van der Waals surface area (Å²) in [7, 11) is 0. The number of hydrogen-bond donors (Lipinski definition) is 0. The molecular formula is C12H9N3S. The number of thiophene rings is 1. The normalized spacial score (nSPS) is 10.8. The van der Waals surface area contributed by atoms with Gasteiger partial charge in [-0.2, -0.15) is 16.4 Å². The van der Waals surface area contributed by atoms with Crippen LogP contribution in [0.3, 0.4) is 0 Å². The molecule has 3 aromatic heterocycles. The number of pyridine rings is 1. The van der Waals surface area contributed by atoms with E-state index in [-0.39, 0.29) is 0 Å². The summed E-state index contributed by atoms with van der Waals surface area (Å²) in [5.41, 5.74) is 4.77. The second kappa shape index (κ2) is 3.64. The number of aryl methyl sites for hydroxylation is 1. The first-order valence-corrected chi connectivity index (χ1v) is 5.91. The van der Waals surface area contributed by atoms with Gasteiger partial charge in [0.2, 0.25) is 0 Å². The summed E-state index contributed by atoms with van der Waals surface area (Å²) in [6.07, 6.45) is 0. The highest BCUT2D eigenvalue weighted by Crippen LogP contribution is 2.22. The molecular weight excluding hydrogens is 218 g/mol. The van der Waals surface area contributed by atoms with Crippen molar-refractivity contribution in [2.45, 2.75) is 6.92 Å². The first-order valence-electron chi connectivity index (χ1n) is 4.96. The summed E-state index contributed by atoms with van der Waals surface area (Å²) in [4.78, 5) is 4.58. The van der Waals surface area contributed by atoms with E-state index in [2.05, 4.69) is 32.0 Å². The topological polar surface area (TPSA) is 38.7 Å². The van der Waals surface area contributed by atoms with Gasteiger partial charge in [-0.1, -0.05) is 0 Å². The molecule has 0 aliphatic rings. The molecule has 0 amide bonds. The summed E-state index contributed by atoms with van der Waals surface area (Å²) >= 11 is 1.67. The predicted molar refractivity (Wildman–Crippen MR) is 65.4 cm³/mol. The van der Waals surface area contributed by atoms with Crippen molar-refractivity contribution in [3.63, 3.8) is 0 Å². The average Bonchev–Trinajstić information content (AvgIpc) is 2.81. The Morgan fingerprint density at radius 2 is 2.00 bits per heavy atom. The van der Waals surface area contributed by atoms with E-state index in [1.165, 1.54) is 0 Å². The van der Waals surface area contributed by atoms with Gasteiger partial charge in [0.15, 0.2) is 0 Å². The Hall–Kier alpha value is -1.81. The van der Waals surface area contributed by atoms with Crippen molar-refractivity contribution < 1.29 is 0 Å². The zero-order chi connectivity index (χ0) is 11.0. The molecule has 3 rings (SSSR count). The smallest absolute Gasteiger partial charge is 0.111 e. The van der Waals surface area contributed by atoms with Gasteiger partial charge in [-0.3, -0.25) is 0 Å². The van der Waals surface area contributed by atoms with Crippen LogP contribution in [-0.4, -0.2) is 15.2 Å². The van der Waals surface area contributed by atoms with Gasteiger partial charge < -0.3 is 0 Å². The van der Waals surface area contributed by atoms with E-state index >= 15 is 0 Å². The Labute approximate surface area is 96.8 Å². The molecule has 0 aliphatic heterocycles. The SMILES string of the molecule is Cc1cc2nc(-c3ccsc3)ccc2nn1. The minimum Gasteiger partial charge on any atom is -0.246 e. The number of fused-ring (bicyclic) bond motifs is 1. The second-order valence-corrected chi connectivity index (χ2v) is 4.38. The van der Waals surface area contributed by atoms with Gasteiger partial charge in [0.25, 0.3) is 0 Å². The third-order valence-electron chi connectivity index (χ3n) is 2.38. The highest BCUT2D eigenvalue weighted by molar-refractivity contribution is 7.08. The quantitative estimate of drug-likeness (QED) is 0.641. The van der Waals surface area contributed by atoms with Crippen LogP contribution in [0.25, 0.3) is 22.3 Å². The third-order valence-corrected chi connectivity index (χ3v) is 3.06. The molecule has 0 unspecified atom stereocenters. The van der Waals surface area contributed by atoms with Gasteiger partial charge >= 0.3 is 0 Å². The molecule has 0 N–H and O–H groups in total. The minimum absolute atomic E-state index is 0.838. The van der Waals surface area contributed by atoms with E-state index in [9.17, 15) is 0 Å². The molecule has 3 heterocycles. The zero-order valence-electron chi connectivity index (χ0n) is 8.71. The van der Waals surface area contributed by atoms with Crippen LogP contribution < -0.4 is 0 Å². The van der Waals surface area contributed by atoms with Crippen LogP contribution in [-0.2, 0) is 0 Å². The molecule has 0 bridgehead atoms. The summed E-state index contributed by atoms with van der Waals surface area (Å²) < 4.78 is 0. The molecule has 0 saturated heterocycles. The number of rotatable bonds is 1. The molecule has 3 aromatic rings. The van der Waals surface area contributed by atoms with Gasteiger partial charge in [0.1, 0.15) is 5.52 Å². The molecule has 3 nitrogen and oxygen atoms in total. The van der Waals surface area contributed by atoms with Crippen molar-refractivity contribution in [1.82, 2.24) is 15.2 Å². The molecule has 16 heavy (non-hydrogen) atoms. The highest BCUT2D eigenvalue weighted by Gasteiger charge is 2.03. The minimum atomic E-state index is 0.838. The standard InChI is InChI=1S/C12H9N3S/c1-8-6-12-11(15-14-8)3-2-10(13-12)9-4-5-16-7-9/h2-7H,1H3. The average molecular weight is 227 g/mol. The van der Waals surface area contributed by atoms with E-state index in [0.717, 1.165) is 28.0 Å². The van der Waals surface area contributed by atoms with Crippen LogP contribution in [0.15, 0.2) is 35.0 Å². The van der Waals surface area contributed by atoms with Crippen LogP contribution in [0.2, 0.25) is 0 Å². The van der Waals surface area contributed by atoms with Gasteiger partial charge in [0.05, 0.1) is 16.9 Å². The van der Waals surface area contributed by atoms with Crippen molar-refractivity contribution in [1.29, 1.82) is 0 Å². The first-order chi connectivity index (χ1) is 7.83. The van der Waals surface area contributed by atoms with E-state index in [4.69, 9.17) is 0 Å². The predicted octanol–water partition coefficient (Wildman–Crippen LogP) is 3.06. The fourth-order valence-corrected chi connectivity index (χ4v) is 2.24. The first kappa shape index (κ1) is 9.42. The molecule has 0 atom stereocenters. The molecule has 0 aromatic carbocycles. The Balaban J connectivity index is 2.22.